The molecule has 0 N–H and O–H groups in total. The van der Waals surface area contributed by atoms with Crippen molar-refractivity contribution in [3.63, 3.8) is 0 Å². The van der Waals surface area contributed by atoms with Gasteiger partial charge in [0.1, 0.15) is 5.75 Å². The van der Waals surface area contributed by atoms with Crippen LogP contribution in [0.5, 0.6) is 5.75 Å². The van der Waals surface area contributed by atoms with Crippen molar-refractivity contribution >= 4 is 22.3 Å². The van der Waals surface area contributed by atoms with Gasteiger partial charge in [0.2, 0.25) is 10.5 Å². The lowest BCUT2D eigenvalue weighted by Gasteiger charge is -2.05. The summed E-state index contributed by atoms with van der Waals surface area (Å²) in [4.78, 5) is 24.3. The van der Waals surface area contributed by atoms with Crippen LogP contribution < -0.4 is 4.43 Å². The number of hydrogen-bond donors (Lipinski definition) is 0. The molecule has 0 fully saturated rings. The van der Waals surface area contributed by atoms with Gasteiger partial charge in [0.25, 0.3) is 11.8 Å². The number of imide groups is 1. The topological polar surface area (TPSA) is 46.6 Å². The van der Waals surface area contributed by atoms with E-state index >= 15 is 0 Å². The maximum absolute atomic E-state index is 11.6. The predicted octanol–water partition coefficient (Wildman–Crippen LogP) is -0.428. The first-order chi connectivity index (χ1) is 6.66. The van der Waals surface area contributed by atoms with Crippen molar-refractivity contribution in [1.29, 1.82) is 0 Å². The Morgan fingerprint density at radius 3 is 2.64 bits per heavy atom. The van der Waals surface area contributed by atoms with E-state index in [0.29, 0.717) is 27.4 Å². The molecule has 72 valence electrons. The van der Waals surface area contributed by atoms with E-state index in [-0.39, 0.29) is 11.8 Å². The first kappa shape index (κ1) is 8.95. The second kappa shape index (κ2) is 2.95. The third-order valence-corrected chi connectivity index (χ3v) is 2.74. The number of carbonyl (C=O) groups is 2. The van der Waals surface area contributed by atoms with E-state index in [1.165, 1.54) is 7.05 Å². The summed E-state index contributed by atoms with van der Waals surface area (Å²) in [5.74, 6) is -0.0288. The zero-order valence-electron chi connectivity index (χ0n) is 7.90. The first-order valence-electron chi connectivity index (χ1n) is 4.16. The molecule has 1 heterocycles. The van der Waals surface area contributed by atoms with E-state index in [1.54, 1.807) is 18.2 Å². The van der Waals surface area contributed by atoms with Crippen LogP contribution in [0.2, 0.25) is 0 Å². The Balaban J connectivity index is 2.69. The van der Waals surface area contributed by atoms with Crippen molar-refractivity contribution in [2.75, 3.05) is 7.05 Å². The first-order valence-corrected chi connectivity index (χ1v) is 4.98. The molecule has 0 radical (unpaired) electrons. The highest BCUT2D eigenvalue weighted by molar-refractivity contribution is 6.22. The molecule has 2 rings (SSSR count). The van der Waals surface area contributed by atoms with Crippen LogP contribution in [0, 0.1) is 0 Å². The summed E-state index contributed by atoms with van der Waals surface area (Å²) in [6.07, 6.45) is 0. The van der Waals surface area contributed by atoms with Crippen LogP contribution in [-0.4, -0.2) is 34.2 Å². The Morgan fingerprint density at radius 2 is 2.00 bits per heavy atom. The van der Waals surface area contributed by atoms with E-state index in [0.717, 1.165) is 4.90 Å². The fourth-order valence-corrected chi connectivity index (χ4v) is 1.88. The molecule has 1 aromatic carbocycles. The summed E-state index contributed by atoms with van der Waals surface area (Å²) >= 11 is 0. The highest BCUT2D eigenvalue weighted by atomic mass is 28.2. The Bertz CT molecular complexity index is 430. The van der Waals surface area contributed by atoms with Crippen molar-refractivity contribution in [2.24, 2.45) is 0 Å². The molecule has 1 aliphatic rings. The second-order valence-corrected chi connectivity index (χ2v) is 3.46. The average Bonchev–Trinajstić information content (AvgIpc) is 2.44. The molecule has 0 spiro atoms. The number of hydrogen-bond acceptors (Lipinski definition) is 3. The van der Waals surface area contributed by atoms with Crippen molar-refractivity contribution in [3.8, 4) is 5.75 Å². The van der Waals surface area contributed by atoms with Crippen molar-refractivity contribution in [3.05, 3.63) is 29.3 Å². The summed E-state index contributed by atoms with van der Waals surface area (Å²) in [7, 11) is 1.97. The van der Waals surface area contributed by atoms with Gasteiger partial charge in [-0.25, -0.2) is 0 Å². The number of nitrogens with zero attached hydrogens (tertiary/aromatic N) is 1. The quantitative estimate of drug-likeness (QED) is 0.464. The Kier molecular flexibility index (Phi) is 1.89. The Labute approximate surface area is 84.0 Å². The minimum absolute atomic E-state index is 0.259. The lowest BCUT2D eigenvalue weighted by atomic mass is 10.1. The van der Waals surface area contributed by atoms with Crippen LogP contribution in [0.4, 0.5) is 0 Å². The summed E-state index contributed by atoms with van der Waals surface area (Å²) in [5.41, 5.74) is 0.834. The molecule has 5 heteroatoms. The molecular weight excluding hydrogens is 198 g/mol. The largest absolute Gasteiger partial charge is 0.553 e. The van der Waals surface area contributed by atoms with E-state index in [9.17, 15) is 9.59 Å². The van der Waals surface area contributed by atoms with Gasteiger partial charge in [-0.1, -0.05) is 6.07 Å². The van der Waals surface area contributed by atoms with Crippen LogP contribution in [0.3, 0.4) is 0 Å². The zero-order valence-corrected chi connectivity index (χ0v) is 9.90. The molecule has 14 heavy (non-hydrogen) atoms. The van der Waals surface area contributed by atoms with Gasteiger partial charge in [-0.3, -0.25) is 14.5 Å². The number of rotatable bonds is 1. The van der Waals surface area contributed by atoms with Gasteiger partial charge in [0.15, 0.2) is 0 Å². The Hall–Kier alpha value is -1.62. The minimum atomic E-state index is -0.281. The van der Waals surface area contributed by atoms with Crippen LogP contribution in [0.1, 0.15) is 20.7 Å². The third-order valence-electron chi connectivity index (χ3n) is 2.30. The van der Waals surface area contributed by atoms with Gasteiger partial charge >= 0.3 is 0 Å². The molecule has 0 aromatic heterocycles. The average molecular weight is 207 g/mol. The van der Waals surface area contributed by atoms with Crippen LogP contribution in [0.15, 0.2) is 18.2 Å². The van der Waals surface area contributed by atoms with Crippen molar-refractivity contribution in [1.82, 2.24) is 4.90 Å². The van der Waals surface area contributed by atoms with E-state index in [1.807, 2.05) is 0 Å². The fourth-order valence-electron chi connectivity index (χ4n) is 1.54. The Morgan fingerprint density at radius 1 is 1.29 bits per heavy atom. The monoisotopic (exact) mass is 207 g/mol. The maximum atomic E-state index is 11.6. The van der Waals surface area contributed by atoms with E-state index < -0.39 is 0 Å². The second-order valence-electron chi connectivity index (χ2n) is 3.05. The van der Waals surface area contributed by atoms with Gasteiger partial charge in [0, 0.05) is 7.05 Å². The molecule has 0 unspecified atom stereocenters. The molecule has 1 aliphatic heterocycles. The van der Waals surface area contributed by atoms with E-state index in [4.69, 9.17) is 4.43 Å². The highest BCUT2D eigenvalue weighted by Crippen LogP contribution is 2.29. The fraction of sp³-hybridized carbons (Fsp3) is 0.111. The van der Waals surface area contributed by atoms with Crippen LogP contribution in [-0.2, 0) is 0 Å². The molecule has 2 amide bonds. The molecule has 4 nitrogen and oxygen atoms in total. The van der Waals surface area contributed by atoms with Crippen LogP contribution in [0.25, 0.3) is 0 Å². The smallest absolute Gasteiger partial charge is 0.264 e. The van der Waals surface area contributed by atoms with Gasteiger partial charge in [-0.2, -0.15) is 0 Å². The minimum Gasteiger partial charge on any atom is -0.553 e. The summed E-state index contributed by atoms with van der Waals surface area (Å²) in [6.45, 7) is 0. The standard InChI is InChI=1S/C9H9NO3Si/c1-10-8(11)5-3-2-4-6(13-14)7(5)9(10)12/h2-4H,1,14H3. The molecular formula is C9H9NO3Si. The lowest BCUT2D eigenvalue weighted by Crippen LogP contribution is -2.24. The van der Waals surface area contributed by atoms with Crippen molar-refractivity contribution in [2.45, 2.75) is 0 Å². The molecule has 0 aliphatic carbocycles. The summed E-state index contributed by atoms with van der Waals surface area (Å²) in [5, 5.41) is 0. The van der Waals surface area contributed by atoms with Crippen LogP contribution >= 0.6 is 0 Å². The SMILES string of the molecule is CN1C(=O)c2cccc(O[SiH3])c2C1=O. The highest BCUT2D eigenvalue weighted by Gasteiger charge is 2.34. The molecule has 0 atom stereocenters. The van der Waals surface area contributed by atoms with Gasteiger partial charge in [-0.15, -0.1) is 0 Å². The van der Waals surface area contributed by atoms with Gasteiger partial charge < -0.3 is 4.43 Å². The molecule has 0 saturated carbocycles. The lowest BCUT2D eigenvalue weighted by molar-refractivity contribution is 0.0692. The maximum Gasteiger partial charge on any atom is 0.264 e. The number of benzene rings is 1. The third kappa shape index (κ3) is 0.989. The number of carbonyl (C=O) groups excluding carboxylic acids is 2. The van der Waals surface area contributed by atoms with Crippen molar-refractivity contribution < 1.29 is 14.0 Å². The number of fused-ring (bicyclic) bond motifs is 1. The van der Waals surface area contributed by atoms with E-state index in [2.05, 4.69) is 0 Å². The molecule has 0 bridgehead atoms. The predicted molar refractivity (Wildman–Crippen MR) is 53.4 cm³/mol. The normalized spacial score (nSPS) is 14.8. The zero-order chi connectivity index (χ0) is 10.3. The summed E-state index contributed by atoms with van der Waals surface area (Å²) < 4.78 is 5.16. The summed E-state index contributed by atoms with van der Waals surface area (Å²) in [6, 6.07) is 5.07. The molecule has 1 aromatic rings. The molecule has 0 saturated heterocycles. The van der Waals surface area contributed by atoms with Gasteiger partial charge in [0.05, 0.1) is 11.1 Å². The number of amides is 2. The van der Waals surface area contributed by atoms with Gasteiger partial charge in [-0.05, 0) is 12.1 Å².